The molecule has 0 radical (unpaired) electrons. The fourth-order valence-electron chi connectivity index (χ4n) is 3.91. The number of anilines is 1. The maximum atomic E-state index is 12.4. The Kier molecular flexibility index (Phi) is 10.1. The smallest absolute Gasteiger partial charge is 0.406 e. The quantitative estimate of drug-likeness (QED) is 0.214. The van der Waals surface area contributed by atoms with E-state index < -0.39 is 18.4 Å². The number of nitrogens with one attached hydrogen (secondary N) is 1. The normalized spacial score (nSPS) is 12.1. The first-order chi connectivity index (χ1) is 19.6. The summed E-state index contributed by atoms with van der Waals surface area (Å²) >= 11 is 1.25. The monoisotopic (exact) mass is 585 g/mol. The van der Waals surface area contributed by atoms with Gasteiger partial charge in [-0.15, -0.1) is 23.4 Å². The topological polar surface area (TPSA) is 127 Å². The highest BCUT2D eigenvalue weighted by molar-refractivity contribution is 7.15. The van der Waals surface area contributed by atoms with Crippen molar-refractivity contribution in [3.63, 3.8) is 0 Å². The lowest BCUT2D eigenvalue weighted by molar-refractivity contribution is -0.274. The van der Waals surface area contributed by atoms with Gasteiger partial charge in [0.2, 0.25) is 5.13 Å². The zero-order valence-corrected chi connectivity index (χ0v) is 22.5. The molecule has 4 rings (SSSR count). The number of hydrogen-bond acceptors (Lipinski definition) is 9. The molecule has 4 aromatic rings. The van der Waals surface area contributed by atoms with Crippen LogP contribution in [0.25, 0.3) is 0 Å². The van der Waals surface area contributed by atoms with Gasteiger partial charge in [0.15, 0.2) is 6.10 Å². The maximum absolute atomic E-state index is 12.4. The molecule has 2 aromatic heterocycles. The van der Waals surface area contributed by atoms with Crippen LogP contribution in [0.15, 0.2) is 66.7 Å². The molecule has 2 aromatic carbocycles. The molecular formula is C28H26F3N5O4S. The molecule has 0 aliphatic rings. The van der Waals surface area contributed by atoms with Crippen molar-refractivity contribution in [2.75, 3.05) is 5.32 Å². The number of aliphatic hydroxyl groups is 1. The number of carbonyl (C=O) groups excluding carboxylic acids is 2. The first-order valence-electron chi connectivity index (χ1n) is 12.7. The van der Waals surface area contributed by atoms with E-state index in [9.17, 15) is 27.9 Å². The van der Waals surface area contributed by atoms with E-state index in [1.165, 1.54) is 29.5 Å². The number of ketones is 1. The zero-order valence-electron chi connectivity index (χ0n) is 21.7. The van der Waals surface area contributed by atoms with E-state index in [1.807, 2.05) is 0 Å². The number of aromatic nitrogens is 4. The second-order valence-corrected chi connectivity index (χ2v) is 10.2. The van der Waals surface area contributed by atoms with Crippen LogP contribution in [0.3, 0.4) is 0 Å². The van der Waals surface area contributed by atoms with Gasteiger partial charge < -0.3 is 9.84 Å². The van der Waals surface area contributed by atoms with E-state index in [0.29, 0.717) is 34.8 Å². The number of Topliss-reactive ketones (excluding diaryl/α,β-unsaturated/α-hetero) is 1. The highest BCUT2D eigenvalue weighted by Gasteiger charge is 2.31. The van der Waals surface area contributed by atoms with Crippen molar-refractivity contribution in [1.82, 2.24) is 20.4 Å². The maximum Gasteiger partial charge on any atom is 0.573 e. The predicted molar refractivity (Wildman–Crippen MR) is 144 cm³/mol. The van der Waals surface area contributed by atoms with E-state index in [0.717, 1.165) is 23.5 Å². The highest BCUT2D eigenvalue weighted by Crippen LogP contribution is 2.24. The lowest BCUT2D eigenvalue weighted by Crippen LogP contribution is -2.20. The Morgan fingerprint density at radius 3 is 2.34 bits per heavy atom. The summed E-state index contributed by atoms with van der Waals surface area (Å²) in [6.07, 6.45) is -3.21. The van der Waals surface area contributed by atoms with Crippen molar-refractivity contribution in [2.24, 2.45) is 0 Å². The van der Waals surface area contributed by atoms with Crippen LogP contribution in [0, 0.1) is 0 Å². The summed E-state index contributed by atoms with van der Waals surface area (Å²) in [5, 5.41) is 30.2. The van der Waals surface area contributed by atoms with Crippen LogP contribution < -0.4 is 10.1 Å². The molecule has 1 unspecified atom stereocenters. The van der Waals surface area contributed by atoms with Crippen LogP contribution in [0.4, 0.5) is 18.3 Å². The molecule has 0 fully saturated rings. The number of nitrogens with zero attached hydrogens (tertiary/aromatic N) is 4. The van der Waals surface area contributed by atoms with E-state index >= 15 is 0 Å². The number of rotatable bonds is 13. The molecule has 13 heteroatoms. The fraction of sp³-hybridized carbons (Fsp3) is 0.286. The first kappa shape index (κ1) is 29.7. The van der Waals surface area contributed by atoms with Crippen LogP contribution >= 0.6 is 11.3 Å². The van der Waals surface area contributed by atoms with Gasteiger partial charge in [0.1, 0.15) is 16.5 Å². The third-order valence-electron chi connectivity index (χ3n) is 5.82. The number of benzene rings is 2. The average Bonchev–Trinajstić information content (AvgIpc) is 3.38. The zero-order chi connectivity index (χ0) is 29.2. The Morgan fingerprint density at radius 1 is 0.878 bits per heavy atom. The van der Waals surface area contributed by atoms with Crippen molar-refractivity contribution < 1.29 is 32.6 Å². The summed E-state index contributed by atoms with van der Waals surface area (Å²) in [7, 11) is 0. The Labute approximate surface area is 237 Å². The molecule has 214 valence electrons. The number of hydrogen-bond donors (Lipinski definition) is 2. The summed E-state index contributed by atoms with van der Waals surface area (Å²) in [5.41, 5.74) is 2.14. The lowest BCUT2D eigenvalue weighted by atomic mass is 10.1. The van der Waals surface area contributed by atoms with Gasteiger partial charge in [-0.25, -0.2) is 0 Å². The van der Waals surface area contributed by atoms with Crippen LogP contribution in [-0.4, -0.2) is 43.6 Å². The number of amides is 1. The van der Waals surface area contributed by atoms with Crippen LogP contribution in [0.5, 0.6) is 5.75 Å². The van der Waals surface area contributed by atoms with E-state index in [2.05, 4.69) is 30.4 Å². The van der Waals surface area contributed by atoms with E-state index in [-0.39, 0.29) is 24.4 Å². The van der Waals surface area contributed by atoms with Gasteiger partial charge in [0.25, 0.3) is 5.91 Å². The summed E-state index contributed by atoms with van der Waals surface area (Å²) < 4.78 is 41.1. The van der Waals surface area contributed by atoms with Crippen molar-refractivity contribution in [1.29, 1.82) is 0 Å². The molecule has 9 nitrogen and oxygen atoms in total. The molecular weight excluding hydrogens is 559 g/mol. The number of carbonyl (C=O) groups is 2. The van der Waals surface area contributed by atoms with E-state index in [4.69, 9.17) is 0 Å². The Morgan fingerprint density at radius 2 is 1.61 bits per heavy atom. The molecule has 2 heterocycles. The minimum absolute atomic E-state index is 0.00985. The minimum Gasteiger partial charge on any atom is -0.406 e. The number of unbranched alkanes of at least 4 members (excludes halogenated alkanes) is 1. The Bertz CT molecular complexity index is 1450. The lowest BCUT2D eigenvalue weighted by Gasteiger charge is -2.09. The summed E-state index contributed by atoms with van der Waals surface area (Å²) in [5.74, 6) is -1.16. The average molecular weight is 586 g/mol. The van der Waals surface area contributed by atoms with E-state index in [1.54, 1.807) is 48.5 Å². The highest BCUT2D eigenvalue weighted by atomic mass is 32.1. The van der Waals surface area contributed by atoms with Gasteiger partial charge in [-0.3, -0.25) is 14.9 Å². The van der Waals surface area contributed by atoms with Crippen molar-refractivity contribution in [2.45, 2.75) is 51.0 Å². The molecule has 0 aliphatic heterocycles. The molecule has 1 atom stereocenters. The van der Waals surface area contributed by atoms with Crippen molar-refractivity contribution in [3.05, 3.63) is 94.3 Å². The third kappa shape index (κ3) is 9.72. The SMILES string of the molecule is O=C(Cc1cccc(OC(F)(F)F)c1)Cc1ccc(CCCCc2nnc(NC(=O)C(O)c3ccccc3)s2)nn1. The second kappa shape index (κ2) is 13.9. The number of alkyl halides is 3. The molecule has 0 aliphatic carbocycles. The van der Waals surface area contributed by atoms with Gasteiger partial charge in [0, 0.05) is 12.8 Å². The number of aliphatic hydroxyl groups excluding tert-OH is 1. The molecule has 0 saturated heterocycles. The molecule has 0 spiro atoms. The number of aryl methyl sites for hydroxylation is 2. The van der Waals surface area contributed by atoms with Gasteiger partial charge in [-0.1, -0.05) is 53.8 Å². The van der Waals surface area contributed by atoms with Crippen LogP contribution in [0.1, 0.15) is 46.5 Å². The van der Waals surface area contributed by atoms with Crippen molar-refractivity contribution in [3.8, 4) is 5.75 Å². The second-order valence-electron chi connectivity index (χ2n) is 9.11. The summed E-state index contributed by atoms with van der Waals surface area (Å²) in [6, 6.07) is 17.4. The van der Waals surface area contributed by atoms with Crippen molar-refractivity contribution >= 4 is 28.2 Å². The molecule has 41 heavy (non-hydrogen) atoms. The van der Waals surface area contributed by atoms with Gasteiger partial charge in [0.05, 0.1) is 17.8 Å². The van der Waals surface area contributed by atoms with Gasteiger partial charge in [-0.2, -0.15) is 10.2 Å². The molecule has 0 bridgehead atoms. The Hall–Kier alpha value is -4.23. The third-order valence-corrected chi connectivity index (χ3v) is 6.72. The predicted octanol–water partition coefficient (Wildman–Crippen LogP) is 4.82. The number of halogens is 3. The Balaban J connectivity index is 1.17. The van der Waals surface area contributed by atoms with Crippen LogP contribution in [0.2, 0.25) is 0 Å². The first-order valence-corrected chi connectivity index (χ1v) is 13.5. The largest absolute Gasteiger partial charge is 0.573 e. The van der Waals surface area contributed by atoms with Crippen LogP contribution in [-0.2, 0) is 35.3 Å². The standard InChI is InChI=1S/C28H26F3N5O4S/c29-28(30,31)40-23-11-6-7-18(16-23)15-22(37)17-21-14-13-20(33-34-21)10-4-5-12-24-35-36-27(41-24)32-26(39)25(38)19-8-2-1-3-9-19/h1-3,6-9,11,13-14,16,25,38H,4-5,10,12,15,17H2,(H,32,36,39). The molecule has 2 N–H and O–H groups in total. The van der Waals surface area contributed by atoms with Gasteiger partial charge >= 0.3 is 6.36 Å². The number of ether oxygens (including phenoxy) is 1. The fourth-order valence-corrected chi connectivity index (χ4v) is 4.69. The summed E-state index contributed by atoms with van der Waals surface area (Å²) in [6.45, 7) is 0. The van der Waals surface area contributed by atoms with Gasteiger partial charge in [-0.05, 0) is 54.7 Å². The summed E-state index contributed by atoms with van der Waals surface area (Å²) in [4.78, 5) is 24.7. The minimum atomic E-state index is -4.80. The molecule has 0 saturated carbocycles. The molecule has 1 amide bonds.